The smallest absolute Gasteiger partial charge is 0.257 e. The molecule has 1 aliphatic heterocycles. The maximum atomic E-state index is 12.3. The summed E-state index contributed by atoms with van der Waals surface area (Å²) in [6.45, 7) is 3.95. The van der Waals surface area contributed by atoms with E-state index in [1.54, 1.807) is 0 Å². The molecule has 1 fully saturated rings. The van der Waals surface area contributed by atoms with Crippen molar-refractivity contribution in [1.29, 1.82) is 0 Å². The third-order valence-corrected chi connectivity index (χ3v) is 5.14. The minimum atomic E-state index is -0.123. The van der Waals surface area contributed by atoms with Gasteiger partial charge in [-0.15, -0.1) is 0 Å². The van der Waals surface area contributed by atoms with Crippen LogP contribution < -0.4 is 10.1 Å². The first kappa shape index (κ1) is 18.7. The molecule has 2 aromatic rings. The lowest BCUT2D eigenvalue weighted by molar-refractivity contribution is -0.123. The van der Waals surface area contributed by atoms with Crippen LogP contribution in [0.2, 0.25) is 5.02 Å². The van der Waals surface area contributed by atoms with Crippen LogP contribution in [0, 0.1) is 6.92 Å². The van der Waals surface area contributed by atoms with Gasteiger partial charge in [0.1, 0.15) is 5.75 Å². The van der Waals surface area contributed by atoms with Gasteiger partial charge in [-0.25, -0.2) is 0 Å². The molecule has 3 rings (SSSR count). The molecule has 0 spiro atoms. The molecule has 0 unspecified atom stereocenters. The van der Waals surface area contributed by atoms with Gasteiger partial charge in [0.25, 0.3) is 5.91 Å². The third-order valence-electron chi connectivity index (χ3n) is 4.89. The SMILES string of the molecule is Cc1cccc(OCC(=O)NCC2(c3ccc(Cl)cc3)CCOCC2)c1. The number of benzene rings is 2. The van der Waals surface area contributed by atoms with Gasteiger partial charge in [-0.1, -0.05) is 35.9 Å². The van der Waals surface area contributed by atoms with Crippen LogP contribution in [-0.2, 0) is 14.9 Å². The second-order valence-corrected chi connectivity index (χ2v) is 7.22. The highest BCUT2D eigenvalue weighted by molar-refractivity contribution is 6.30. The van der Waals surface area contributed by atoms with Crippen LogP contribution in [0.3, 0.4) is 0 Å². The summed E-state index contributed by atoms with van der Waals surface area (Å²) in [4.78, 5) is 12.3. The summed E-state index contributed by atoms with van der Waals surface area (Å²) in [7, 11) is 0. The van der Waals surface area contributed by atoms with E-state index in [-0.39, 0.29) is 17.9 Å². The molecule has 0 bridgehead atoms. The summed E-state index contributed by atoms with van der Waals surface area (Å²) in [5.74, 6) is 0.588. The number of carbonyl (C=O) groups excluding carboxylic acids is 1. The van der Waals surface area contributed by atoms with Crippen molar-refractivity contribution < 1.29 is 14.3 Å². The Morgan fingerprint density at radius 2 is 1.92 bits per heavy atom. The van der Waals surface area contributed by atoms with Crippen LogP contribution in [0.4, 0.5) is 0 Å². The molecule has 1 N–H and O–H groups in total. The average Bonchev–Trinajstić information content (AvgIpc) is 2.66. The first-order valence-corrected chi connectivity index (χ1v) is 9.25. The zero-order valence-corrected chi connectivity index (χ0v) is 15.7. The van der Waals surface area contributed by atoms with Gasteiger partial charge in [-0.2, -0.15) is 0 Å². The molecule has 26 heavy (non-hydrogen) atoms. The van der Waals surface area contributed by atoms with E-state index >= 15 is 0 Å². The van der Waals surface area contributed by atoms with Gasteiger partial charge >= 0.3 is 0 Å². The van der Waals surface area contributed by atoms with E-state index in [1.165, 1.54) is 5.56 Å². The Balaban J connectivity index is 1.60. The maximum Gasteiger partial charge on any atom is 0.257 e. The van der Waals surface area contributed by atoms with E-state index < -0.39 is 0 Å². The number of rotatable bonds is 6. The predicted octanol–water partition coefficient (Wildman–Crippen LogP) is 3.89. The topological polar surface area (TPSA) is 47.6 Å². The lowest BCUT2D eigenvalue weighted by atomic mass is 9.74. The molecule has 1 amide bonds. The molecular formula is C21H24ClNO3. The van der Waals surface area contributed by atoms with E-state index in [4.69, 9.17) is 21.1 Å². The monoisotopic (exact) mass is 373 g/mol. The largest absolute Gasteiger partial charge is 0.484 e. The van der Waals surface area contributed by atoms with Crippen LogP contribution >= 0.6 is 11.6 Å². The van der Waals surface area contributed by atoms with Crippen molar-refractivity contribution in [1.82, 2.24) is 5.32 Å². The minimum Gasteiger partial charge on any atom is -0.484 e. The minimum absolute atomic E-state index is 0.0106. The van der Waals surface area contributed by atoms with Crippen LogP contribution in [0.15, 0.2) is 48.5 Å². The van der Waals surface area contributed by atoms with E-state index in [9.17, 15) is 4.79 Å². The van der Waals surface area contributed by atoms with Gasteiger partial charge in [-0.3, -0.25) is 4.79 Å². The summed E-state index contributed by atoms with van der Waals surface area (Å²) in [6.07, 6.45) is 1.74. The molecule has 0 aromatic heterocycles. The molecular weight excluding hydrogens is 350 g/mol. The summed E-state index contributed by atoms with van der Waals surface area (Å²) in [5.41, 5.74) is 2.17. The van der Waals surface area contributed by atoms with Crippen molar-refractivity contribution in [2.75, 3.05) is 26.4 Å². The highest BCUT2D eigenvalue weighted by Crippen LogP contribution is 2.34. The standard InChI is InChI=1S/C21H24ClNO3/c1-16-3-2-4-19(13-16)26-14-20(24)23-15-21(9-11-25-12-10-21)17-5-7-18(22)8-6-17/h2-8,13H,9-12,14-15H2,1H3,(H,23,24). The second-order valence-electron chi connectivity index (χ2n) is 6.78. The number of aryl methyl sites for hydroxylation is 1. The Bertz CT molecular complexity index is 739. The van der Waals surface area contributed by atoms with Gasteiger partial charge in [-0.05, 0) is 55.2 Å². The lowest BCUT2D eigenvalue weighted by Crippen LogP contribution is -2.45. The Kier molecular flexibility index (Phi) is 6.17. The maximum absolute atomic E-state index is 12.3. The Labute approximate surface area is 159 Å². The molecule has 0 saturated carbocycles. The number of hydrogen-bond acceptors (Lipinski definition) is 3. The average molecular weight is 374 g/mol. The normalized spacial score (nSPS) is 16.1. The number of nitrogens with one attached hydrogen (secondary N) is 1. The first-order valence-electron chi connectivity index (χ1n) is 8.87. The van der Waals surface area contributed by atoms with Crippen LogP contribution in [0.1, 0.15) is 24.0 Å². The summed E-state index contributed by atoms with van der Waals surface area (Å²) in [6, 6.07) is 15.6. The van der Waals surface area contributed by atoms with Crippen molar-refractivity contribution in [3.63, 3.8) is 0 Å². The van der Waals surface area contributed by atoms with E-state index in [0.717, 1.165) is 18.4 Å². The summed E-state index contributed by atoms with van der Waals surface area (Å²) >= 11 is 6.02. The molecule has 1 heterocycles. The van der Waals surface area contributed by atoms with Gasteiger partial charge in [0, 0.05) is 30.2 Å². The van der Waals surface area contributed by atoms with Crippen molar-refractivity contribution in [2.24, 2.45) is 0 Å². The molecule has 1 saturated heterocycles. The van der Waals surface area contributed by atoms with Crippen LogP contribution in [0.5, 0.6) is 5.75 Å². The van der Waals surface area contributed by atoms with Crippen molar-refractivity contribution in [3.05, 3.63) is 64.7 Å². The zero-order chi connectivity index (χ0) is 18.4. The zero-order valence-electron chi connectivity index (χ0n) is 15.0. The Hall–Kier alpha value is -2.04. The van der Waals surface area contributed by atoms with Crippen LogP contribution in [0.25, 0.3) is 0 Å². The fraction of sp³-hybridized carbons (Fsp3) is 0.381. The molecule has 0 atom stereocenters. The molecule has 138 valence electrons. The third kappa shape index (κ3) is 4.77. The molecule has 0 radical (unpaired) electrons. The first-order chi connectivity index (χ1) is 12.6. The summed E-state index contributed by atoms with van der Waals surface area (Å²) < 4.78 is 11.1. The predicted molar refractivity (Wildman–Crippen MR) is 103 cm³/mol. The number of carbonyl (C=O) groups is 1. The number of amides is 1. The molecule has 1 aliphatic rings. The fourth-order valence-electron chi connectivity index (χ4n) is 3.31. The van der Waals surface area contributed by atoms with Gasteiger partial charge in [0.15, 0.2) is 6.61 Å². The van der Waals surface area contributed by atoms with Crippen molar-refractivity contribution in [3.8, 4) is 5.75 Å². The Morgan fingerprint density at radius 1 is 1.19 bits per heavy atom. The highest BCUT2D eigenvalue weighted by atomic mass is 35.5. The van der Waals surface area contributed by atoms with Gasteiger partial charge < -0.3 is 14.8 Å². The molecule has 4 nitrogen and oxygen atoms in total. The number of ether oxygens (including phenoxy) is 2. The van der Waals surface area contributed by atoms with E-state index in [2.05, 4.69) is 5.32 Å². The summed E-state index contributed by atoms with van der Waals surface area (Å²) in [5, 5.41) is 3.75. The van der Waals surface area contributed by atoms with Gasteiger partial charge in [0.2, 0.25) is 0 Å². The molecule has 0 aliphatic carbocycles. The van der Waals surface area contributed by atoms with E-state index in [1.807, 2.05) is 55.5 Å². The van der Waals surface area contributed by atoms with Crippen molar-refractivity contribution in [2.45, 2.75) is 25.2 Å². The lowest BCUT2D eigenvalue weighted by Gasteiger charge is -2.38. The van der Waals surface area contributed by atoms with E-state index in [0.29, 0.717) is 30.5 Å². The van der Waals surface area contributed by atoms with Gasteiger partial charge in [0.05, 0.1) is 0 Å². The quantitative estimate of drug-likeness (QED) is 0.835. The number of hydrogen-bond donors (Lipinski definition) is 1. The number of halogens is 1. The fourth-order valence-corrected chi connectivity index (χ4v) is 3.43. The molecule has 2 aromatic carbocycles. The Morgan fingerprint density at radius 3 is 2.62 bits per heavy atom. The second kappa shape index (κ2) is 8.56. The molecule has 5 heteroatoms. The van der Waals surface area contributed by atoms with Crippen LogP contribution in [-0.4, -0.2) is 32.3 Å². The van der Waals surface area contributed by atoms with Crippen molar-refractivity contribution >= 4 is 17.5 Å². The highest BCUT2D eigenvalue weighted by Gasteiger charge is 2.34.